The number of carbonyl (C=O) groups excluding carboxylic acids is 1. The third-order valence-corrected chi connectivity index (χ3v) is 4.75. The molecule has 144 valence electrons. The van der Waals surface area contributed by atoms with Gasteiger partial charge in [-0.05, 0) is 62.7 Å². The Kier molecular flexibility index (Phi) is 7.57. The van der Waals surface area contributed by atoms with Crippen molar-refractivity contribution in [3.8, 4) is 5.75 Å². The highest BCUT2D eigenvalue weighted by Crippen LogP contribution is 2.33. The largest absolute Gasteiger partial charge is 0.495 e. The Labute approximate surface area is 170 Å². The van der Waals surface area contributed by atoms with Crippen LogP contribution in [-0.4, -0.2) is 26.1 Å². The van der Waals surface area contributed by atoms with Gasteiger partial charge in [-0.1, -0.05) is 23.2 Å². The third kappa shape index (κ3) is 5.41. The van der Waals surface area contributed by atoms with Gasteiger partial charge in [0.05, 0.1) is 12.1 Å². The molecule has 1 amide bonds. The van der Waals surface area contributed by atoms with E-state index in [-0.39, 0.29) is 5.91 Å². The molecule has 2 aromatic rings. The van der Waals surface area contributed by atoms with Crippen molar-refractivity contribution in [2.24, 2.45) is 0 Å². The van der Waals surface area contributed by atoms with Crippen LogP contribution in [-0.2, 0) is 4.79 Å². The molecule has 0 radical (unpaired) electrons. The molecule has 0 unspecified atom stereocenters. The summed E-state index contributed by atoms with van der Waals surface area (Å²) in [7, 11) is 1.52. The first kappa shape index (κ1) is 21.1. The minimum Gasteiger partial charge on any atom is -0.495 e. The number of ether oxygens (including phenoxy) is 1. The van der Waals surface area contributed by atoms with E-state index in [4.69, 9.17) is 27.9 Å². The van der Waals surface area contributed by atoms with E-state index in [9.17, 15) is 4.79 Å². The number of anilines is 2. The van der Waals surface area contributed by atoms with Crippen LogP contribution in [0.15, 0.2) is 36.4 Å². The number of methoxy groups -OCH3 is 1. The Morgan fingerprint density at radius 2 is 1.89 bits per heavy atom. The maximum atomic E-state index is 12.3. The Morgan fingerprint density at radius 1 is 1.19 bits per heavy atom. The smallest absolute Gasteiger partial charge is 0.248 e. The maximum Gasteiger partial charge on any atom is 0.248 e. The molecule has 0 bridgehead atoms. The molecule has 6 heteroatoms. The molecule has 0 heterocycles. The molecule has 0 aromatic heterocycles. The number of hydrogen-bond donors (Lipinski definition) is 1. The van der Waals surface area contributed by atoms with Gasteiger partial charge in [0.15, 0.2) is 0 Å². The van der Waals surface area contributed by atoms with Gasteiger partial charge in [0.1, 0.15) is 5.75 Å². The topological polar surface area (TPSA) is 41.6 Å². The first-order valence-electron chi connectivity index (χ1n) is 8.77. The van der Waals surface area contributed by atoms with Crippen LogP contribution in [0.3, 0.4) is 0 Å². The van der Waals surface area contributed by atoms with Gasteiger partial charge < -0.3 is 15.0 Å². The molecule has 27 heavy (non-hydrogen) atoms. The van der Waals surface area contributed by atoms with Crippen LogP contribution < -0.4 is 15.0 Å². The summed E-state index contributed by atoms with van der Waals surface area (Å²) in [6, 6.07) is 9.30. The van der Waals surface area contributed by atoms with Crippen molar-refractivity contribution in [1.82, 2.24) is 0 Å². The Balaban J connectivity index is 2.16. The summed E-state index contributed by atoms with van der Waals surface area (Å²) in [6.45, 7) is 8.10. The molecular weight excluding hydrogens is 383 g/mol. The van der Waals surface area contributed by atoms with Gasteiger partial charge in [0.25, 0.3) is 0 Å². The second kappa shape index (κ2) is 9.67. The molecule has 0 spiro atoms. The fourth-order valence-electron chi connectivity index (χ4n) is 2.83. The Morgan fingerprint density at radius 3 is 2.48 bits per heavy atom. The van der Waals surface area contributed by atoms with Gasteiger partial charge >= 0.3 is 0 Å². The van der Waals surface area contributed by atoms with E-state index in [1.54, 1.807) is 18.2 Å². The summed E-state index contributed by atoms with van der Waals surface area (Å²) in [5, 5.41) is 3.77. The minimum absolute atomic E-state index is 0.244. The average Bonchev–Trinajstić information content (AvgIpc) is 2.63. The van der Waals surface area contributed by atoms with E-state index in [0.29, 0.717) is 21.4 Å². The zero-order chi connectivity index (χ0) is 20.0. The van der Waals surface area contributed by atoms with Gasteiger partial charge in [-0.15, -0.1) is 0 Å². The van der Waals surface area contributed by atoms with Crippen LogP contribution in [0, 0.1) is 6.92 Å². The number of carbonyl (C=O) groups is 1. The summed E-state index contributed by atoms with van der Waals surface area (Å²) in [5.74, 6) is 0.233. The molecule has 4 nitrogen and oxygen atoms in total. The zero-order valence-corrected chi connectivity index (χ0v) is 17.5. The highest BCUT2D eigenvalue weighted by molar-refractivity contribution is 6.36. The monoisotopic (exact) mass is 406 g/mol. The number of nitrogens with one attached hydrogen (secondary N) is 1. The lowest BCUT2D eigenvalue weighted by atomic mass is 10.1. The first-order valence-corrected chi connectivity index (χ1v) is 9.52. The molecule has 0 fully saturated rings. The first-order chi connectivity index (χ1) is 12.9. The predicted octanol–water partition coefficient (Wildman–Crippen LogP) is 5.81. The molecule has 0 aliphatic carbocycles. The van der Waals surface area contributed by atoms with Crippen LogP contribution in [0.25, 0.3) is 6.08 Å². The molecule has 2 rings (SSSR count). The van der Waals surface area contributed by atoms with Crippen LogP contribution in [0.5, 0.6) is 5.75 Å². The summed E-state index contributed by atoms with van der Waals surface area (Å²) in [4.78, 5) is 14.6. The van der Waals surface area contributed by atoms with E-state index < -0.39 is 0 Å². The highest BCUT2D eigenvalue weighted by atomic mass is 35.5. The fourth-order valence-corrected chi connectivity index (χ4v) is 3.42. The Hall–Kier alpha value is -2.17. The second-order valence-corrected chi connectivity index (χ2v) is 6.85. The van der Waals surface area contributed by atoms with Crippen molar-refractivity contribution in [2.75, 3.05) is 30.4 Å². The quantitative estimate of drug-likeness (QED) is 0.589. The summed E-state index contributed by atoms with van der Waals surface area (Å²) in [5.41, 5.74) is 3.56. The standard InChI is InChI=1S/C21H24Cl2N2O2/c1-5-25(6-2)17-8-9-19(14(3)11-17)24-20(26)10-7-15-12-16(22)13-18(23)21(15)27-4/h7-13H,5-6H2,1-4H3,(H,24,26)/b10-7+. The lowest BCUT2D eigenvalue weighted by molar-refractivity contribution is -0.111. The van der Waals surface area contributed by atoms with E-state index >= 15 is 0 Å². The van der Waals surface area contributed by atoms with Crippen molar-refractivity contribution in [3.05, 3.63) is 57.6 Å². The van der Waals surface area contributed by atoms with Gasteiger partial charge in [-0.3, -0.25) is 4.79 Å². The van der Waals surface area contributed by atoms with Crippen LogP contribution in [0.2, 0.25) is 10.0 Å². The fraction of sp³-hybridized carbons (Fsp3) is 0.286. The Bertz CT molecular complexity index is 846. The second-order valence-electron chi connectivity index (χ2n) is 6.00. The van der Waals surface area contributed by atoms with Crippen molar-refractivity contribution >= 4 is 46.6 Å². The number of rotatable bonds is 7. The van der Waals surface area contributed by atoms with E-state index in [1.807, 2.05) is 19.1 Å². The zero-order valence-electron chi connectivity index (χ0n) is 16.0. The molecule has 1 N–H and O–H groups in total. The summed E-state index contributed by atoms with van der Waals surface area (Å²) >= 11 is 12.1. The van der Waals surface area contributed by atoms with Crippen molar-refractivity contribution < 1.29 is 9.53 Å². The molecule has 0 saturated carbocycles. The van der Waals surface area contributed by atoms with E-state index in [0.717, 1.165) is 30.0 Å². The molecule has 0 atom stereocenters. The lowest BCUT2D eigenvalue weighted by Gasteiger charge is -2.22. The van der Waals surface area contributed by atoms with E-state index in [2.05, 4.69) is 30.1 Å². The number of nitrogens with zero attached hydrogens (tertiary/aromatic N) is 1. The van der Waals surface area contributed by atoms with Gasteiger partial charge in [-0.2, -0.15) is 0 Å². The van der Waals surface area contributed by atoms with Crippen LogP contribution in [0.4, 0.5) is 11.4 Å². The predicted molar refractivity (Wildman–Crippen MR) is 115 cm³/mol. The van der Waals surface area contributed by atoms with Gasteiger partial charge in [0, 0.05) is 41.1 Å². The van der Waals surface area contributed by atoms with Crippen molar-refractivity contribution in [3.63, 3.8) is 0 Å². The third-order valence-electron chi connectivity index (χ3n) is 4.25. The van der Waals surface area contributed by atoms with E-state index in [1.165, 1.54) is 13.2 Å². The van der Waals surface area contributed by atoms with Gasteiger partial charge in [0.2, 0.25) is 5.91 Å². The molecule has 0 aliphatic rings. The molecular formula is C21H24Cl2N2O2. The van der Waals surface area contributed by atoms with Crippen molar-refractivity contribution in [2.45, 2.75) is 20.8 Å². The molecule has 0 saturated heterocycles. The highest BCUT2D eigenvalue weighted by Gasteiger charge is 2.09. The number of halogens is 2. The maximum absolute atomic E-state index is 12.3. The number of benzene rings is 2. The number of aryl methyl sites for hydroxylation is 1. The van der Waals surface area contributed by atoms with Crippen molar-refractivity contribution in [1.29, 1.82) is 0 Å². The van der Waals surface area contributed by atoms with Gasteiger partial charge in [-0.25, -0.2) is 0 Å². The lowest BCUT2D eigenvalue weighted by Crippen LogP contribution is -2.22. The number of amides is 1. The number of hydrogen-bond acceptors (Lipinski definition) is 3. The molecule has 2 aromatic carbocycles. The molecule has 0 aliphatic heterocycles. The normalized spacial score (nSPS) is 10.9. The summed E-state index contributed by atoms with van der Waals surface area (Å²) in [6.07, 6.45) is 3.06. The summed E-state index contributed by atoms with van der Waals surface area (Å²) < 4.78 is 5.28. The van der Waals surface area contributed by atoms with Crippen LogP contribution in [0.1, 0.15) is 25.0 Å². The van der Waals surface area contributed by atoms with Crippen LogP contribution >= 0.6 is 23.2 Å². The average molecular weight is 407 g/mol. The SMILES string of the molecule is CCN(CC)c1ccc(NC(=O)/C=C/c2cc(Cl)cc(Cl)c2OC)c(C)c1. The minimum atomic E-state index is -0.244.